The molecular weight excluding hydrogens is 292 g/mol. The number of nitrogens with zero attached hydrogens (tertiary/aromatic N) is 2. The standard InChI is InChI=1S/C17H24N4O2/c22-16-14-6-2-3-7-15(14)19-17(23)21(16)11-5-1-4-10-20-12-8-18-9-13-20/h2-3,6-7,18H,1,4-5,8-13H2,(H,19,23). The van der Waals surface area contributed by atoms with Crippen molar-refractivity contribution in [2.45, 2.75) is 25.8 Å². The molecule has 1 saturated heterocycles. The summed E-state index contributed by atoms with van der Waals surface area (Å²) >= 11 is 0. The summed E-state index contributed by atoms with van der Waals surface area (Å²) in [5, 5.41) is 3.92. The Morgan fingerprint density at radius 3 is 2.52 bits per heavy atom. The second-order valence-corrected chi connectivity index (χ2v) is 6.08. The topological polar surface area (TPSA) is 70.1 Å². The Bertz CT molecular complexity index is 759. The molecule has 124 valence electrons. The third-order valence-electron chi connectivity index (χ3n) is 4.46. The molecule has 0 saturated carbocycles. The number of piperazine rings is 1. The lowest BCUT2D eigenvalue weighted by Gasteiger charge is -2.27. The Balaban J connectivity index is 1.55. The van der Waals surface area contributed by atoms with Crippen molar-refractivity contribution in [1.82, 2.24) is 19.8 Å². The van der Waals surface area contributed by atoms with Crippen LogP contribution in [0, 0.1) is 0 Å². The number of hydrogen-bond acceptors (Lipinski definition) is 4. The minimum Gasteiger partial charge on any atom is -0.314 e. The van der Waals surface area contributed by atoms with Crippen LogP contribution >= 0.6 is 0 Å². The largest absolute Gasteiger partial charge is 0.328 e. The van der Waals surface area contributed by atoms with Crippen molar-refractivity contribution in [3.05, 3.63) is 45.1 Å². The van der Waals surface area contributed by atoms with Crippen LogP contribution in [0.5, 0.6) is 0 Å². The van der Waals surface area contributed by atoms with E-state index in [0.29, 0.717) is 17.4 Å². The van der Waals surface area contributed by atoms with Crippen molar-refractivity contribution in [2.24, 2.45) is 0 Å². The van der Waals surface area contributed by atoms with E-state index in [9.17, 15) is 9.59 Å². The van der Waals surface area contributed by atoms with Crippen LogP contribution in [0.1, 0.15) is 19.3 Å². The van der Waals surface area contributed by atoms with E-state index in [0.717, 1.165) is 52.0 Å². The van der Waals surface area contributed by atoms with E-state index in [2.05, 4.69) is 15.2 Å². The molecule has 1 aromatic carbocycles. The normalized spacial score (nSPS) is 16.0. The van der Waals surface area contributed by atoms with Crippen LogP contribution in [0.2, 0.25) is 0 Å². The second kappa shape index (κ2) is 7.57. The first-order valence-electron chi connectivity index (χ1n) is 8.40. The molecule has 6 heteroatoms. The third kappa shape index (κ3) is 3.89. The average molecular weight is 316 g/mol. The number of nitrogens with one attached hydrogen (secondary N) is 2. The number of unbranched alkanes of at least 4 members (excludes halogenated alkanes) is 2. The van der Waals surface area contributed by atoms with Gasteiger partial charge in [0.1, 0.15) is 0 Å². The molecule has 1 aliphatic heterocycles. The zero-order valence-electron chi connectivity index (χ0n) is 13.4. The smallest absolute Gasteiger partial charge is 0.314 e. The fourth-order valence-corrected chi connectivity index (χ4v) is 3.12. The summed E-state index contributed by atoms with van der Waals surface area (Å²) in [5.41, 5.74) is 0.111. The van der Waals surface area contributed by atoms with Gasteiger partial charge in [0.25, 0.3) is 5.56 Å². The zero-order valence-corrected chi connectivity index (χ0v) is 13.4. The van der Waals surface area contributed by atoms with Gasteiger partial charge in [0, 0.05) is 32.7 Å². The number of para-hydroxylation sites is 1. The predicted molar refractivity (Wildman–Crippen MR) is 92.0 cm³/mol. The van der Waals surface area contributed by atoms with Crippen molar-refractivity contribution in [3.8, 4) is 0 Å². The minimum atomic E-state index is -0.309. The highest BCUT2D eigenvalue weighted by Gasteiger charge is 2.09. The monoisotopic (exact) mass is 316 g/mol. The quantitative estimate of drug-likeness (QED) is 0.772. The van der Waals surface area contributed by atoms with Crippen molar-refractivity contribution >= 4 is 10.9 Å². The molecule has 2 heterocycles. The molecule has 0 amide bonds. The Hall–Kier alpha value is -1.92. The maximum atomic E-state index is 12.4. The Morgan fingerprint density at radius 1 is 0.957 bits per heavy atom. The summed E-state index contributed by atoms with van der Waals surface area (Å²) in [5.74, 6) is 0. The molecule has 0 spiro atoms. The summed E-state index contributed by atoms with van der Waals surface area (Å²) in [6.45, 7) is 5.96. The summed E-state index contributed by atoms with van der Waals surface area (Å²) in [6, 6.07) is 7.16. The van der Waals surface area contributed by atoms with Gasteiger partial charge in [-0.25, -0.2) is 4.79 Å². The lowest BCUT2D eigenvalue weighted by Crippen LogP contribution is -2.43. The van der Waals surface area contributed by atoms with Gasteiger partial charge in [0.05, 0.1) is 10.9 Å². The van der Waals surface area contributed by atoms with E-state index in [-0.39, 0.29) is 11.2 Å². The fraction of sp³-hybridized carbons (Fsp3) is 0.529. The number of aromatic amines is 1. The molecule has 1 fully saturated rings. The summed E-state index contributed by atoms with van der Waals surface area (Å²) in [7, 11) is 0. The van der Waals surface area contributed by atoms with E-state index in [1.807, 2.05) is 12.1 Å². The Kier molecular flexibility index (Phi) is 5.25. The zero-order chi connectivity index (χ0) is 16.1. The molecular formula is C17H24N4O2. The van der Waals surface area contributed by atoms with Crippen molar-refractivity contribution in [1.29, 1.82) is 0 Å². The van der Waals surface area contributed by atoms with E-state index in [1.165, 1.54) is 4.57 Å². The van der Waals surface area contributed by atoms with Crippen LogP contribution in [-0.2, 0) is 6.54 Å². The lowest BCUT2D eigenvalue weighted by molar-refractivity contribution is 0.235. The van der Waals surface area contributed by atoms with Crippen molar-refractivity contribution < 1.29 is 0 Å². The lowest BCUT2D eigenvalue weighted by atomic mass is 10.2. The number of rotatable bonds is 6. The van der Waals surface area contributed by atoms with Gasteiger partial charge in [0.15, 0.2) is 0 Å². The first kappa shape index (κ1) is 16.0. The molecule has 0 unspecified atom stereocenters. The molecule has 1 aromatic heterocycles. The Morgan fingerprint density at radius 2 is 1.70 bits per heavy atom. The van der Waals surface area contributed by atoms with E-state index < -0.39 is 0 Å². The first-order chi connectivity index (χ1) is 11.3. The summed E-state index contributed by atoms with van der Waals surface area (Å²) in [4.78, 5) is 29.7. The molecule has 0 radical (unpaired) electrons. The second-order valence-electron chi connectivity index (χ2n) is 6.08. The molecule has 1 aliphatic rings. The maximum Gasteiger partial charge on any atom is 0.328 e. The van der Waals surface area contributed by atoms with Crippen LogP contribution in [0.4, 0.5) is 0 Å². The van der Waals surface area contributed by atoms with Gasteiger partial charge in [0.2, 0.25) is 0 Å². The van der Waals surface area contributed by atoms with E-state index >= 15 is 0 Å². The minimum absolute atomic E-state index is 0.188. The van der Waals surface area contributed by atoms with Gasteiger partial charge >= 0.3 is 5.69 Å². The van der Waals surface area contributed by atoms with Gasteiger partial charge in [-0.3, -0.25) is 9.36 Å². The number of hydrogen-bond donors (Lipinski definition) is 2. The molecule has 0 atom stereocenters. The van der Waals surface area contributed by atoms with Gasteiger partial charge in [-0.15, -0.1) is 0 Å². The van der Waals surface area contributed by atoms with Crippen LogP contribution in [0.25, 0.3) is 10.9 Å². The highest BCUT2D eigenvalue weighted by Crippen LogP contribution is 2.04. The number of fused-ring (bicyclic) bond motifs is 1. The number of H-pyrrole nitrogens is 1. The van der Waals surface area contributed by atoms with Crippen LogP contribution in [0.15, 0.2) is 33.9 Å². The van der Waals surface area contributed by atoms with Crippen LogP contribution < -0.4 is 16.6 Å². The van der Waals surface area contributed by atoms with E-state index in [4.69, 9.17) is 0 Å². The van der Waals surface area contributed by atoms with Gasteiger partial charge in [-0.1, -0.05) is 18.6 Å². The first-order valence-corrected chi connectivity index (χ1v) is 8.40. The molecule has 0 aliphatic carbocycles. The highest BCUT2D eigenvalue weighted by atomic mass is 16.2. The maximum absolute atomic E-state index is 12.4. The molecule has 2 N–H and O–H groups in total. The summed E-state index contributed by atoms with van der Waals surface area (Å²) in [6.07, 6.45) is 3.00. The van der Waals surface area contributed by atoms with Crippen molar-refractivity contribution in [3.63, 3.8) is 0 Å². The van der Waals surface area contributed by atoms with Gasteiger partial charge < -0.3 is 15.2 Å². The third-order valence-corrected chi connectivity index (χ3v) is 4.46. The van der Waals surface area contributed by atoms with Gasteiger partial charge in [-0.05, 0) is 31.5 Å². The molecule has 6 nitrogen and oxygen atoms in total. The Labute approximate surface area is 135 Å². The van der Waals surface area contributed by atoms with Crippen LogP contribution in [0.3, 0.4) is 0 Å². The van der Waals surface area contributed by atoms with Gasteiger partial charge in [-0.2, -0.15) is 0 Å². The van der Waals surface area contributed by atoms with E-state index in [1.54, 1.807) is 12.1 Å². The fourth-order valence-electron chi connectivity index (χ4n) is 3.12. The predicted octanol–water partition coefficient (Wildman–Crippen LogP) is 0.765. The summed E-state index contributed by atoms with van der Waals surface area (Å²) < 4.78 is 1.33. The molecule has 0 bridgehead atoms. The highest BCUT2D eigenvalue weighted by molar-refractivity contribution is 5.76. The van der Waals surface area contributed by atoms with Crippen LogP contribution in [-0.4, -0.2) is 47.2 Å². The SMILES string of the molecule is O=c1[nH]c2ccccc2c(=O)n1CCCCCN1CCNCC1. The number of benzene rings is 1. The average Bonchev–Trinajstić information content (AvgIpc) is 2.58. The molecule has 2 aromatic rings. The molecule has 3 rings (SSSR count). The number of aromatic nitrogens is 2. The molecule has 23 heavy (non-hydrogen) atoms. The van der Waals surface area contributed by atoms with Crippen molar-refractivity contribution in [2.75, 3.05) is 32.7 Å².